The van der Waals surface area contributed by atoms with E-state index in [2.05, 4.69) is 27.6 Å². The van der Waals surface area contributed by atoms with Crippen LogP contribution in [0.2, 0.25) is 0 Å². The molecule has 0 bridgehead atoms. The molecule has 2 N–H and O–H groups in total. The highest BCUT2D eigenvalue weighted by atomic mass is 32.1. The topological polar surface area (TPSA) is 63.1 Å². The zero-order chi connectivity index (χ0) is 18.0. The van der Waals surface area contributed by atoms with Crippen molar-refractivity contribution in [2.75, 3.05) is 0 Å². The number of rotatable bonds is 3. The molecule has 3 rings (SSSR count). The first-order valence-corrected chi connectivity index (χ1v) is 8.70. The molecule has 0 saturated heterocycles. The molecule has 0 aliphatic heterocycles. The molecule has 6 heteroatoms. The molecule has 0 saturated carbocycles. The van der Waals surface area contributed by atoms with E-state index >= 15 is 0 Å². The lowest BCUT2D eigenvalue weighted by molar-refractivity contribution is 0.0849. The molecule has 0 aliphatic carbocycles. The quantitative estimate of drug-likeness (QED) is 0.708. The Balaban J connectivity index is 1.66. The molecule has 2 heterocycles. The number of nitrogens with zero attached hydrogens (tertiary/aromatic N) is 1. The third-order valence-corrected chi connectivity index (χ3v) is 4.91. The molecule has 0 spiro atoms. The van der Waals surface area contributed by atoms with E-state index in [-0.39, 0.29) is 11.8 Å². The number of aryl methyl sites for hydroxylation is 3. The lowest BCUT2D eigenvalue weighted by Crippen LogP contribution is -2.41. The fourth-order valence-corrected chi connectivity index (χ4v) is 3.40. The van der Waals surface area contributed by atoms with Crippen LogP contribution in [0, 0.1) is 20.8 Å². The van der Waals surface area contributed by atoms with Gasteiger partial charge in [0.2, 0.25) is 0 Å². The lowest BCUT2D eigenvalue weighted by Gasteiger charge is -2.11. The first-order chi connectivity index (χ1) is 12.0. The predicted octanol–water partition coefficient (Wildman–Crippen LogP) is 3.54. The summed E-state index contributed by atoms with van der Waals surface area (Å²) in [5.74, 6) is -0.671. The van der Waals surface area contributed by atoms with Crippen LogP contribution in [0.1, 0.15) is 36.3 Å². The van der Waals surface area contributed by atoms with Gasteiger partial charge in [0.1, 0.15) is 0 Å². The molecule has 0 atom stereocenters. The van der Waals surface area contributed by atoms with Gasteiger partial charge in [-0.3, -0.25) is 20.4 Å². The van der Waals surface area contributed by atoms with E-state index in [0.29, 0.717) is 10.4 Å². The van der Waals surface area contributed by atoms with Gasteiger partial charge < -0.3 is 4.57 Å². The summed E-state index contributed by atoms with van der Waals surface area (Å²) >= 11 is 1.38. The Labute approximate surface area is 150 Å². The van der Waals surface area contributed by atoms with Gasteiger partial charge in [-0.2, -0.15) is 0 Å². The third kappa shape index (κ3) is 3.64. The van der Waals surface area contributed by atoms with Gasteiger partial charge in [0.15, 0.2) is 0 Å². The molecular weight excluding hydrogens is 334 g/mol. The second kappa shape index (κ2) is 6.94. The smallest absolute Gasteiger partial charge is 0.279 e. The minimum Gasteiger partial charge on any atom is -0.319 e. The molecule has 0 unspecified atom stereocenters. The fraction of sp³-hybridized carbons (Fsp3) is 0.158. The first kappa shape index (κ1) is 17.0. The number of aromatic nitrogens is 1. The second-order valence-corrected chi connectivity index (χ2v) is 7.10. The molecule has 128 valence electrons. The van der Waals surface area contributed by atoms with Crippen molar-refractivity contribution in [3.8, 4) is 5.69 Å². The lowest BCUT2D eigenvalue weighted by atomic mass is 10.2. The van der Waals surface area contributed by atoms with Gasteiger partial charge in [-0.05, 0) is 69.3 Å². The minimum atomic E-state index is -0.353. The number of hydrazine groups is 1. The standard InChI is InChI=1S/C19H19N3O2S/c1-12-4-5-13(2)22(12)16-9-7-15(8-10-16)18(23)20-21-19(24)17-11-6-14(3)25-17/h4-11H,1-3H3,(H,20,23)(H,21,24). The molecule has 0 aliphatic rings. The van der Waals surface area contributed by atoms with E-state index in [9.17, 15) is 9.59 Å². The van der Waals surface area contributed by atoms with Crippen molar-refractivity contribution in [3.05, 3.63) is 75.2 Å². The molecule has 2 aromatic heterocycles. The van der Waals surface area contributed by atoms with E-state index in [1.54, 1.807) is 18.2 Å². The van der Waals surface area contributed by atoms with Crippen LogP contribution in [0.15, 0.2) is 48.5 Å². The highest BCUT2D eigenvalue weighted by molar-refractivity contribution is 7.13. The van der Waals surface area contributed by atoms with E-state index < -0.39 is 0 Å². The summed E-state index contributed by atoms with van der Waals surface area (Å²) in [5.41, 5.74) is 8.62. The fourth-order valence-electron chi connectivity index (χ4n) is 2.64. The Morgan fingerprint density at radius 1 is 0.800 bits per heavy atom. The van der Waals surface area contributed by atoms with Crippen LogP contribution in [0.4, 0.5) is 0 Å². The number of thiophene rings is 1. The second-order valence-electron chi connectivity index (χ2n) is 5.82. The maximum absolute atomic E-state index is 12.2. The number of carbonyl (C=O) groups is 2. The number of nitrogens with one attached hydrogen (secondary N) is 2. The molecular formula is C19H19N3O2S. The molecule has 3 aromatic rings. The van der Waals surface area contributed by atoms with Crippen molar-refractivity contribution in [1.82, 2.24) is 15.4 Å². The summed E-state index contributed by atoms with van der Waals surface area (Å²) < 4.78 is 2.11. The molecule has 2 amide bonds. The Morgan fingerprint density at radius 2 is 1.40 bits per heavy atom. The third-order valence-electron chi connectivity index (χ3n) is 3.91. The van der Waals surface area contributed by atoms with Crippen LogP contribution in [0.5, 0.6) is 0 Å². The van der Waals surface area contributed by atoms with Gasteiger partial charge in [0.25, 0.3) is 11.8 Å². The average molecular weight is 353 g/mol. The first-order valence-electron chi connectivity index (χ1n) is 7.88. The molecule has 25 heavy (non-hydrogen) atoms. The zero-order valence-corrected chi connectivity index (χ0v) is 15.1. The summed E-state index contributed by atoms with van der Waals surface area (Å²) in [4.78, 5) is 25.8. The number of benzene rings is 1. The Kier molecular flexibility index (Phi) is 4.72. The maximum atomic E-state index is 12.2. The summed E-state index contributed by atoms with van der Waals surface area (Å²) in [5, 5.41) is 0. The summed E-state index contributed by atoms with van der Waals surface area (Å²) in [6.07, 6.45) is 0. The van der Waals surface area contributed by atoms with Gasteiger partial charge >= 0.3 is 0 Å². The molecule has 5 nitrogen and oxygen atoms in total. The van der Waals surface area contributed by atoms with Gasteiger partial charge in [-0.1, -0.05) is 0 Å². The molecule has 1 aromatic carbocycles. The maximum Gasteiger partial charge on any atom is 0.279 e. The number of amides is 2. The highest BCUT2D eigenvalue weighted by Crippen LogP contribution is 2.17. The van der Waals surface area contributed by atoms with Gasteiger partial charge in [0.05, 0.1) is 4.88 Å². The van der Waals surface area contributed by atoms with Crippen LogP contribution in [0.25, 0.3) is 5.69 Å². The normalized spacial score (nSPS) is 10.5. The summed E-state index contributed by atoms with van der Waals surface area (Å²) in [6, 6.07) is 15.0. The van der Waals surface area contributed by atoms with Gasteiger partial charge in [-0.25, -0.2) is 0 Å². The Hall–Kier alpha value is -2.86. The van der Waals surface area contributed by atoms with E-state index in [1.807, 2.05) is 39.0 Å². The number of hydrogen-bond donors (Lipinski definition) is 2. The number of hydrogen-bond acceptors (Lipinski definition) is 3. The van der Waals surface area contributed by atoms with Crippen LogP contribution in [-0.4, -0.2) is 16.4 Å². The van der Waals surface area contributed by atoms with Crippen LogP contribution < -0.4 is 10.9 Å². The van der Waals surface area contributed by atoms with Crippen LogP contribution >= 0.6 is 11.3 Å². The van der Waals surface area contributed by atoms with E-state index in [0.717, 1.165) is 22.0 Å². The largest absolute Gasteiger partial charge is 0.319 e. The van der Waals surface area contributed by atoms with Gasteiger partial charge in [0, 0.05) is 27.5 Å². The SMILES string of the molecule is Cc1ccc(C(=O)NNC(=O)c2ccc(-n3c(C)ccc3C)cc2)s1. The highest BCUT2D eigenvalue weighted by Gasteiger charge is 2.11. The summed E-state index contributed by atoms with van der Waals surface area (Å²) in [6.45, 7) is 6.00. The van der Waals surface area contributed by atoms with E-state index in [1.165, 1.54) is 11.3 Å². The van der Waals surface area contributed by atoms with Crippen molar-refractivity contribution in [3.63, 3.8) is 0 Å². The van der Waals surface area contributed by atoms with Gasteiger partial charge in [-0.15, -0.1) is 11.3 Å². The van der Waals surface area contributed by atoms with Crippen molar-refractivity contribution in [1.29, 1.82) is 0 Å². The Bertz CT molecular complexity index is 903. The molecule has 0 fully saturated rings. The molecule has 0 radical (unpaired) electrons. The Morgan fingerprint density at radius 3 is 1.96 bits per heavy atom. The predicted molar refractivity (Wildman–Crippen MR) is 99.2 cm³/mol. The zero-order valence-electron chi connectivity index (χ0n) is 14.3. The average Bonchev–Trinajstić information content (AvgIpc) is 3.18. The van der Waals surface area contributed by atoms with Crippen molar-refractivity contribution >= 4 is 23.2 Å². The van der Waals surface area contributed by atoms with Crippen LogP contribution in [-0.2, 0) is 0 Å². The summed E-state index contributed by atoms with van der Waals surface area (Å²) in [7, 11) is 0. The van der Waals surface area contributed by atoms with E-state index in [4.69, 9.17) is 0 Å². The minimum absolute atomic E-state index is 0.318. The van der Waals surface area contributed by atoms with Crippen molar-refractivity contribution in [2.45, 2.75) is 20.8 Å². The van der Waals surface area contributed by atoms with Crippen molar-refractivity contribution in [2.24, 2.45) is 0 Å². The monoisotopic (exact) mass is 353 g/mol. The van der Waals surface area contributed by atoms with Crippen molar-refractivity contribution < 1.29 is 9.59 Å². The van der Waals surface area contributed by atoms with Crippen LogP contribution in [0.3, 0.4) is 0 Å². The number of carbonyl (C=O) groups excluding carboxylic acids is 2.